The van der Waals surface area contributed by atoms with Crippen LogP contribution in [0.2, 0.25) is 0 Å². The Balaban J connectivity index is 1.90. The number of rotatable bonds is 4. The summed E-state index contributed by atoms with van der Waals surface area (Å²) in [6.07, 6.45) is 0. The molecule has 1 amide bonds. The lowest BCUT2D eigenvalue weighted by Gasteiger charge is -2.19. The molecule has 0 atom stereocenters. The molecule has 1 aromatic carbocycles. The molecule has 4 heteroatoms. The summed E-state index contributed by atoms with van der Waals surface area (Å²) in [5.41, 5.74) is 1.59. The van der Waals surface area contributed by atoms with E-state index in [-0.39, 0.29) is 5.91 Å². The van der Waals surface area contributed by atoms with Gasteiger partial charge < -0.3 is 14.6 Å². The molecular weight excluding hydrogens is 264 g/mol. The van der Waals surface area contributed by atoms with E-state index < -0.39 is 5.41 Å². The highest BCUT2D eigenvalue weighted by molar-refractivity contribution is 6.07. The van der Waals surface area contributed by atoms with Gasteiger partial charge in [0.15, 0.2) is 0 Å². The molecule has 0 unspecified atom stereocenters. The molecule has 110 valence electrons. The monoisotopic (exact) mass is 284 g/mol. The molecule has 0 bridgehead atoms. The highest BCUT2D eigenvalue weighted by Gasteiger charge is 2.43. The molecule has 2 heterocycles. The molecule has 1 aliphatic heterocycles. The first kappa shape index (κ1) is 13.9. The van der Waals surface area contributed by atoms with E-state index >= 15 is 0 Å². The van der Waals surface area contributed by atoms with Gasteiger partial charge in [-0.15, -0.1) is 0 Å². The van der Waals surface area contributed by atoms with Crippen molar-refractivity contribution in [1.82, 2.24) is 5.32 Å². The van der Waals surface area contributed by atoms with Crippen molar-refractivity contribution >= 4 is 11.6 Å². The van der Waals surface area contributed by atoms with Gasteiger partial charge in [-0.1, -0.05) is 18.2 Å². The summed E-state index contributed by atoms with van der Waals surface area (Å²) >= 11 is 0. The van der Waals surface area contributed by atoms with Crippen molar-refractivity contribution in [3.05, 3.63) is 53.5 Å². The van der Waals surface area contributed by atoms with E-state index in [9.17, 15) is 4.79 Å². The van der Waals surface area contributed by atoms with Crippen molar-refractivity contribution in [3.8, 4) is 0 Å². The number of anilines is 1. The van der Waals surface area contributed by atoms with Gasteiger partial charge >= 0.3 is 0 Å². The number of nitrogens with one attached hydrogen (secondary N) is 1. The van der Waals surface area contributed by atoms with Crippen molar-refractivity contribution < 1.29 is 9.21 Å². The average molecular weight is 284 g/mol. The van der Waals surface area contributed by atoms with Crippen LogP contribution < -0.4 is 10.2 Å². The molecule has 0 spiro atoms. The second-order valence-electron chi connectivity index (χ2n) is 5.93. The molecule has 0 radical (unpaired) electrons. The van der Waals surface area contributed by atoms with Gasteiger partial charge in [-0.3, -0.25) is 4.79 Å². The summed E-state index contributed by atoms with van der Waals surface area (Å²) in [7, 11) is 1.88. The highest BCUT2D eigenvalue weighted by Crippen LogP contribution is 2.41. The van der Waals surface area contributed by atoms with Crippen molar-refractivity contribution in [2.24, 2.45) is 0 Å². The zero-order valence-electron chi connectivity index (χ0n) is 12.6. The van der Waals surface area contributed by atoms with Gasteiger partial charge in [0.25, 0.3) is 0 Å². The van der Waals surface area contributed by atoms with E-state index in [4.69, 9.17) is 4.42 Å². The number of carbonyl (C=O) groups is 1. The lowest BCUT2D eigenvalue weighted by molar-refractivity contribution is -0.122. The number of nitrogens with zero attached hydrogens (tertiary/aromatic N) is 1. The van der Waals surface area contributed by atoms with E-state index in [1.165, 1.54) is 0 Å². The van der Waals surface area contributed by atoms with Crippen LogP contribution in [0.15, 0.2) is 40.8 Å². The molecule has 0 saturated carbocycles. The first-order valence-corrected chi connectivity index (χ1v) is 7.17. The summed E-state index contributed by atoms with van der Waals surface area (Å²) in [6.45, 7) is 5.12. The number of amides is 1. The fourth-order valence-corrected chi connectivity index (χ4v) is 2.89. The van der Waals surface area contributed by atoms with Crippen LogP contribution in [0.1, 0.15) is 30.9 Å². The average Bonchev–Trinajstić information content (AvgIpc) is 2.98. The molecule has 1 aliphatic rings. The third-order valence-electron chi connectivity index (χ3n) is 4.03. The van der Waals surface area contributed by atoms with Gasteiger partial charge in [-0.2, -0.15) is 0 Å². The molecular formula is C17H20N2O2. The third kappa shape index (κ3) is 2.25. The minimum absolute atomic E-state index is 0.121. The third-order valence-corrected chi connectivity index (χ3v) is 4.03. The molecule has 0 fully saturated rings. The lowest BCUT2D eigenvalue weighted by atomic mass is 9.86. The molecule has 1 aromatic heterocycles. The molecule has 0 aliphatic carbocycles. The number of fused-ring (bicyclic) bond motifs is 1. The Morgan fingerprint density at radius 2 is 1.86 bits per heavy atom. The van der Waals surface area contributed by atoms with Gasteiger partial charge in [-0.25, -0.2) is 0 Å². The summed E-state index contributed by atoms with van der Waals surface area (Å²) in [4.78, 5) is 14.5. The van der Waals surface area contributed by atoms with Crippen LogP contribution >= 0.6 is 0 Å². The van der Waals surface area contributed by atoms with Crippen molar-refractivity contribution in [2.45, 2.75) is 32.4 Å². The molecule has 1 N–H and O–H groups in total. The zero-order chi connectivity index (χ0) is 15.0. The predicted molar refractivity (Wildman–Crippen MR) is 82.1 cm³/mol. The van der Waals surface area contributed by atoms with Crippen LogP contribution in [0.5, 0.6) is 0 Å². The van der Waals surface area contributed by atoms with Crippen molar-refractivity contribution in [2.75, 3.05) is 11.9 Å². The number of para-hydroxylation sites is 1. The largest absolute Gasteiger partial charge is 0.463 e. The van der Waals surface area contributed by atoms with Crippen LogP contribution in [0.3, 0.4) is 0 Å². The second-order valence-corrected chi connectivity index (χ2v) is 5.93. The quantitative estimate of drug-likeness (QED) is 0.939. The Morgan fingerprint density at radius 3 is 2.62 bits per heavy atom. The number of furan rings is 1. The standard InChI is InChI=1S/C17H20N2O2/c1-17(2)14-6-4-5-7-15(14)19(16(17)20)11-13-9-8-12(21-13)10-18-3/h4-9,18H,10-11H2,1-3H3. The number of carbonyl (C=O) groups excluding carboxylic acids is 1. The zero-order valence-corrected chi connectivity index (χ0v) is 12.6. The smallest absolute Gasteiger partial charge is 0.237 e. The Hall–Kier alpha value is -2.07. The first-order valence-electron chi connectivity index (χ1n) is 7.17. The minimum Gasteiger partial charge on any atom is -0.463 e. The topological polar surface area (TPSA) is 45.5 Å². The fraction of sp³-hybridized carbons (Fsp3) is 0.353. The fourth-order valence-electron chi connectivity index (χ4n) is 2.89. The Kier molecular flexibility index (Phi) is 3.33. The molecule has 3 rings (SSSR count). The number of hydrogen-bond donors (Lipinski definition) is 1. The summed E-state index contributed by atoms with van der Waals surface area (Å²) in [5, 5.41) is 3.05. The summed E-state index contributed by atoms with van der Waals surface area (Å²) < 4.78 is 5.76. The molecule has 0 saturated heterocycles. The van der Waals surface area contributed by atoms with E-state index in [1.807, 2.05) is 62.2 Å². The minimum atomic E-state index is -0.475. The van der Waals surface area contributed by atoms with Gasteiger partial charge in [0, 0.05) is 5.69 Å². The van der Waals surface area contributed by atoms with E-state index in [1.54, 1.807) is 0 Å². The predicted octanol–water partition coefficient (Wildman–Crippen LogP) is 2.82. The van der Waals surface area contributed by atoms with E-state index in [0.717, 1.165) is 22.8 Å². The van der Waals surface area contributed by atoms with Crippen LogP contribution in [-0.4, -0.2) is 13.0 Å². The SMILES string of the molecule is CNCc1ccc(CN2C(=O)C(C)(C)c3ccccc32)o1. The maximum atomic E-state index is 12.7. The van der Waals surface area contributed by atoms with Gasteiger partial charge in [-0.05, 0) is 44.7 Å². The van der Waals surface area contributed by atoms with Crippen LogP contribution in [0.25, 0.3) is 0 Å². The van der Waals surface area contributed by atoms with Crippen molar-refractivity contribution in [1.29, 1.82) is 0 Å². The van der Waals surface area contributed by atoms with Crippen LogP contribution in [-0.2, 0) is 23.3 Å². The molecule has 4 nitrogen and oxygen atoms in total. The molecule has 2 aromatic rings. The number of hydrogen-bond acceptors (Lipinski definition) is 3. The maximum Gasteiger partial charge on any atom is 0.237 e. The van der Waals surface area contributed by atoms with Gasteiger partial charge in [0.2, 0.25) is 5.91 Å². The van der Waals surface area contributed by atoms with Crippen LogP contribution in [0, 0.1) is 0 Å². The Bertz CT molecular complexity index is 673. The Morgan fingerprint density at radius 1 is 1.14 bits per heavy atom. The molecule has 21 heavy (non-hydrogen) atoms. The van der Waals surface area contributed by atoms with Crippen LogP contribution in [0.4, 0.5) is 5.69 Å². The lowest BCUT2D eigenvalue weighted by Crippen LogP contribution is -2.35. The maximum absolute atomic E-state index is 12.7. The van der Waals surface area contributed by atoms with Gasteiger partial charge in [0.05, 0.1) is 18.5 Å². The normalized spacial score (nSPS) is 16.3. The van der Waals surface area contributed by atoms with Gasteiger partial charge in [0.1, 0.15) is 11.5 Å². The van der Waals surface area contributed by atoms with Crippen molar-refractivity contribution in [3.63, 3.8) is 0 Å². The number of benzene rings is 1. The highest BCUT2D eigenvalue weighted by atomic mass is 16.3. The summed E-state index contributed by atoms with van der Waals surface area (Å²) in [5.74, 6) is 1.81. The van der Waals surface area contributed by atoms with E-state index in [2.05, 4.69) is 5.32 Å². The second kappa shape index (κ2) is 5.04. The first-order chi connectivity index (χ1) is 10.0. The summed E-state index contributed by atoms with van der Waals surface area (Å²) in [6, 6.07) is 11.9. The van der Waals surface area contributed by atoms with E-state index in [0.29, 0.717) is 13.1 Å². The Labute approximate surface area is 124 Å².